The molecule has 0 fully saturated rings. The Morgan fingerprint density at radius 1 is 1.25 bits per heavy atom. The van der Waals surface area contributed by atoms with Gasteiger partial charge in [-0.15, -0.1) is 5.73 Å². The largest absolute Gasteiger partial charge is 0.116 e. The molecule has 0 saturated carbocycles. The van der Waals surface area contributed by atoms with Crippen LogP contribution in [0.4, 0.5) is 0 Å². The standard InChI is InChI=1S/C11H15Cl/c1-5-11(12)10(4)8-6-7-9(2)3/h5-7H,1-4H3/b11-5+. The van der Waals surface area contributed by atoms with E-state index in [-0.39, 0.29) is 0 Å². The lowest BCUT2D eigenvalue weighted by Gasteiger charge is -1.90. The Balaban J connectivity index is 4.57. The van der Waals surface area contributed by atoms with Crippen molar-refractivity contribution in [3.63, 3.8) is 0 Å². The van der Waals surface area contributed by atoms with E-state index < -0.39 is 0 Å². The highest BCUT2D eigenvalue weighted by molar-refractivity contribution is 6.31. The van der Waals surface area contributed by atoms with E-state index in [1.165, 1.54) is 5.57 Å². The van der Waals surface area contributed by atoms with Gasteiger partial charge < -0.3 is 0 Å². The fraction of sp³-hybridized carbons (Fsp3) is 0.364. The lowest BCUT2D eigenvalue weighted by molar-refractivity contribution is 1.39. The highest BCUT2D eigenvalue weighted by atomic mass is 35.5. The Morgan fingerprint density at radius 3 is 2.25 bits per heavy atom. The van der Waals surface area contributed by atoms with Crippen LogP contribution in [0.25, 0.3) is 0 Å². The van der Waals surface area contributed by atoms with E-state index in [2.05, 4.69) is 5.73 Å². The van der Waals surface area contributed by atoms with E-state index in [0.29, 0.717) is 0 Å². The molecular formula is C11H15Cl. The van der Waals surface area contributed by atoms with Crippen molar-refractivity contribution in [2.75, 3.05) is 0 Å². The van der Waals surface area contributed by atoms with Gasteiger partial charge in [-0.2, -0.15) is 0 Å². The fourth-order valence-electron chi connectivity index (χ4n) is 0.619. The highest BCUT2D eigenvalue weighted by Crippen LogP contribution is 2.11. The SMILES string of the molecule is C/C=C(/Cl)C(C)=C=CC=C(C)C. The molecular weight excluding hydrogens is 168 g/mol. The second-order valence-electron chi connectivity index (χ2n) is 2.82. The molecule has 66 valence electrons. The molecule has 0 unspecified atom stereocenters. The highest BCUT2D eigenvalue weighted by Gasteiger charge is 1.88. The Bertz CT molecular complexity index is 257. The van der Waals surface area contributed by atoms with Gasteiger partial charge in [0.2, 0.25) is 0 Å². The average Bonchev–Trinajstić information content (AvgIpc) is 2.02. The van der Waals surface area contributed by atoms with Gasteiger partial charge in [0.15, 0.2) is 0 Å². The third-order valence-electron chi connectivity index (χ3n) is 1.33. The third kappa shape index (κ3) is 5.01. The summed E-state index contributed by atoms with van der Waals surface area (Å²) in [6, 6.07) is 0. The van der Waals surface area contributed by atoms with Gasteiger partial charge in [-0.25, -0.2) is 0 Å². The Morgan fingerprint density at radius 2 is 1.83 bits per heavy atom. The maximum Gasteiger partial charge on any atom is 0.0469 e. The second kappa shape index (κ2) is 5.88. The van der Waals surface area contributed by atoms with E-state index >= 15 is 0 Å². The van der Waals surface area contributed by atoms with Crippen LogP contribution in [0.15, 0.2) is 40.1 Å². The van der Waals surface area contributed by atoms with Crippen LogP contribution in [0.1, 0.15) is 27.7 Å². The average molecular weight is 183 g/mol. The Kier molecular flexibility index (Phi) is 5.53. The number of halogens is 1. The van der Waals surface area contributed by atoms with Gasteiger partial charge in [0.05, 0.1) is 0 Å². The predicted octanol–water partition coefficient (Wildman–Crippen LogP) is 4.20. The zero-order valence-corrected chi connectivity index (χ0v) is 8.87. The summed E-state index contributed by atoms with van der Waals surface area (Å²) in [7, 11) is 0. The first-order chi connectivity index (χ1) is 5.57. The van der Waals surface area contributed by atoms with Crippen molar-refractivity contribution >= 4 is 11.6 Å². The Hall–Kier alpha value is -0.710. The van der Waals surface area contributed by atoms with E-state index in [9.17, 15) is 0 Å². The topological polar surface area (TPSA) is 0 Å². The zero-order chi connectivity index (χ0) is 9.56. The first-order valence-corrected chi connectivity index (χ1v) is 4.34. The number of rotatable bonds is 2. The molecule has 0 aromatic rings. The molecule has 0 atom stereocenters. The minimum absolute atomic E-state index is 0.758. The number of hydrogen-bond acceptors (Lipinski definition) is 0. The molecule has 0 heterocycles. The van der Waals surface area contributed by atoms with Crippen LogP contribution in [0.2, 0.25) is 0 Å². The zero-order valence-electron chi connectivity index (χ0n) is 8.11. The summed E-state index contributed by atoms with van der Waals surface area (Å²) >= 11 is 5.85. The first-order valence-electron chi connectivity index (χ1n) is 3.97. The summed E-state index contributed by atoms with van der Waals surface area (Å²) in [6.45, 7) is 7.95. The Labute approximate surface area is 79.9 Å². The molecule has 0 radical (unpaired) electrons. The van der Waals surface area contributed by atoms with Gasteiger partial charge in [0.1, 0.15) is 0 Å². The van der Waals surface area contributed by atoms with Crippen molar-refractivity contribution < 1.29 is 0 Å². The fourth-order valence-corrected chi connectivity index (χ4v) is 0.673. The van der Waals surface area contributed by atoms with Crippen molar-refractivity contribution in [3.05, 3.63) is 40.1 Å². The summed E-state index contributed by atoms with van der Waals surface area (Å²) in [4.78, 5) is 0. The molecule has 0 aromatic carbocycles. The smallest absolute Gasteiger partial charge is 0.0469 e. The second-order valence-corrected chi connectivity index (χ2v) is 3.22. The van der Waals surface area contributed by atoms with Crippen molar-refractivity contribution in [2.24, 2.45) is 0 Å². The van der Waals surface area contributed by atoms with Gasteiger partial charge in [-0.3, -0.25) is 0 Å². The van der Waals surface area contributed by atoms with Gasteiger partial charge in [0.25, 0.3) is 0 Å². The molecule has 0 aliphatic heterocycles. The molecule has 0 saturated heterocycles. The maximum atomic E-state index is 5.85. The molecule has 0 rings (SSSR count). The third-order valence-corrected chi connectivity index (χ3v) is 1.83. The van der Waals surface area contributed by atoms with Crippen molar-refractivity contribution in [1.82, 2.24) is 0 Å². The molecule has 1 heteroatoms. The quantitative estimate of drug-likeness (QED) is 0.444. The number of allylic oxidation sites excluding steroid dienone is 5. The summed E-state index contributed by atoms with van der Waals surface area (Å²) in [5, 5.41) is 0.758. The summed E-state index contributed by atoms with van der Waals surface area (Å²) in [5.74, 6) is 0. The molecule has 12 heavy (non-hydrogen) atoms. The van der Waals surface area contributed by atoms with Gasteiger partial charge >= 0.3 is 0 Å². The lowest BCUT2D eigenvalue weighted by atomic mass is 10.2. The van der Waals surface area contributed by atoms with Crippen LogP contribution in [0.5, 0.6) is 0 Å². The van der Waals surface area contributed by atoms with Crippen LogP contribution in [-0.4, -0.2) is 0 Å². The lowest BCUT2D eigenvalue weighted by Crippen LogP contribution is -1.70. The van der Waals surface area contributed by atoms with Crippen molar-refractivity contribution in [3.8, 4) is 0 Å². The minimum atomic E-state index is 0.758. The van der Waals surface area contributed by atoms with E-state index in [0.717, 1.165) is 10.6 Å². The molecule has 0 spiro atoms. The summed E-state index contributed by atoms with van der Waals surface area (Å²) < 4.78 is 0. The molecule has 0 aliphatic carbocycles. The maximum absolute atomic E-state index is 5.85. The van der Waals surface area contributed by atoms with Crippen LogP contribution < -0.4 is 0 Å². The minimum Gasteiger partial charge on any atom is -0.116 e. The molecule has 0 aliphatic rings. The number of hydrogen-bond donors (Lipinski definition) is 0. The van der Waals surface area contributed by atoms with Gasteiger partial charge in [0, 0.05) is 10.6 Å². The van der Waals surface area contributed by atoms with E-state index in [1.54, 1.807) is 0 Å². The monoisotopic (exact) mass is 182 g/mol. The van der Waals surface area contributed by atoms with Crippen molar-refractivity contribution in [1.29, 1.82) is 0 Å². The predicted molar refractivity (Wildman–Crippen MR) is 56.3 cm³/mol. The van der Waals surface area contributed by atoms with Crippen molar-refractivity contribution in [2.45, 2.75) is 27.7 Å². The molecule has 0 nitrogen and oxygen atoms in total. The normalized spacial score (nSPS) is 10.2. The van der Waals surface area contributed by atoms with Crippen LogP contribution in [-0.2, 0) is 0 Å². The van der Waals surface area contributed by atoms with Crippen LogP contribution >= 0.6 is 11.6 Å². The molecule has 0 bridgehead atoms. The van der Waals surface area contributed by atoms with Crippen LogP contribution in [0.3, 0.4) is 0 Å². The molecule has 0 aromatic heterocycles. The summed E-state index contributed by atoms with van der Waals surface area (Å²) in [5.41, 5.74) is 5.31. The first kappa shape index (κ1) is 11.3. The molecule has 0 amide bonds. The van der Waals surface area contributed by atoms with Gasteiger partial charge in [-0.05, 0) is 33.8 Å². The molecule has 0 N–H and O–H groups in total. The van der Waals surface area contributed by atoms with Crippen LogP contribution in [0, 0.1) is 0 Å². The van der Waals surface area contributed by atoms with E-state index in [4.69, 9.17) is 11.6 Å². The summed E-state index contributed by atoms with van der Waals surface area (Å²) in [6.07, 6.45) is 5.75. The van der Waals surface area contributed by atoms with E-state index in [1.807, 2.05) is 45.9 Å². The van der Waals surface area contributed by atoms with Gasteiger partial charge in [-0.1, -0.05) is 29.3 Å².